The van der Waals surface area contributed by atoms with E-state index >= 15 is 0 Å². The number of rotatable bonds is 7. The predicted octanol–water partition coefficient (Wildman–Crippen LogP) is 2.26. The first-order chi connectivity index (χ1) is 8.37. The topological polar surface area (TPSA) is 35.5 Å². The van der Waals surface area contributed by atoms with Gasteiger partial charge in [-0.25, -0.2) is 0 Å². The van der Waals surface area contributed by atoms with Crippen LogP contribution >= 0.6 is 7.60 Å². The zero-order valence-electron chi connectivity index (χ0n) is 11.6. The van der Waals surface area contributed by atoms with Gasteiger partial charge in [0.1, 0.15) is 13.2 Å². The highest BCUT2D eigenvalue weighted by Gasteiger charge is 2.27. The molecule has 0 aliphatic carbocycles. The largest absolute Gasteiger partial charge is 0.361 e. The van der Waals surface area contributed by atoms with Crippen LogP contribution in [-0.4, -0.2) is 45.4 Å². The Hall–Kier alpha value is -0.670. The zero-order valence-corrected chi connectivity index (χ0v) is 12.5. The molecule has 0 N–H and O–H groups in total. The van der Waals surface area contributed by atoms with E-state index in [4.69, 9.17) is 9.05 Å². The molecule has 0 aromatic heterocycles. The summed E-state index contributed by atoms with van der Waals surface area (Å²) in [5, 5.41) is 0.619. The highest BCUT2D eigenvalue weighted by Crippen LogP contribution is 2.46. The van der Waals surface area contributed by atoms with Gasteiger partial charge in [-0.15, -0.1) is 0 Å². The molecule has 0 spiro atoms. The zero-order chi connectivity index (χ0) is 13.6. The van der Waals surface area contributed by atoms with Crippen LogP contribution in [0.4, 0.5) is 0 Å². The fraction of sp³-hybridized carbons (Fsp3) is 0.538. The molecule has 4 nitrogen and oxygen atoms in total. The van der Waals surface area contributed by atoms with Gasteiger partial charge in [-0.2, -0.15) is 0 Å². The summed E-state index contributed by atoms with van der Waals surface area (Å²) in [6.07, 6.45) is 0. The highest BCUT2D eigenvalue weighted by molar-refractivity contribution is 7.62. The smallest absolute Gasteiger partial charge is 0.329 e. The minimum absolute atomic E-state index is 0.372. The lowest BCUT2D eigenvalue weighted by Gasteiger charge is -2.25. The van der Waals surface area contributed by atoms with Gasteiger partial charge in [-0.05, 0) is 19.1 Å². The molecule has 0 fully saturated rings. The summed E-state index contributed by atoms with van der Waals surface area (Å²) in [6.45, 7) is 3.38. The third kappa shape index (κ3) is 4.91. The number of quaternary nitrogens is 1. The third-order valence-corrected chi connectivity index (χ3v) is 4.45. The molecule has 1 rings (SSSR count). The summed E-state index contributed by atoms with van der Waals surface area (Å²) in [5.74, 6) is 0. The fourth-order valence-electron chi connectivity index (χ4n) is 1.40. The molecular formula is C13H23NO3P+. The van der Waals surface area contributed by atoms with Crippen LogP contribution in [0.15, 0.2) is 30.3 Å². The molecule has 1 aromatic rings. The highest BCUT2D eigenvalue weighted by atomic mass is 31.2. The molecule has 0 saturated carbocycles. The van der Waals surface area contributed by atoms with Crippen molar-refractivity contribution >= 4 is 12.9 Å². The normalized spacial score (nSPS) is 15.3. The van der Waals surface area contributed by atoms with Crippen molar-refractivity contribution in [1.29, 1.82) is 0 Å². The number of hydrogen-bond donors (Lipinski definition) is 0. The van der Waals surface area contributed by atoms with E-state index in [2.05, 4.69) is 21.1 Å². The number of benzene rings is 1. The lowest BCUT2D eigenvalue weighted by molar-refractivity contribution is -0.870. The van der Waals surface area contributed by atoms with Crippen molar-refractivity contribution < 1.29 is 18.1 Å². The minimum Gasteiger partial charge on any atom is -0.329 e. The summed E-state index contributed by atoms with van der Waals surface area (Å²) in [7, 11) is 3.03. The summed E-state index contributed by atoms with van der Waals surface area (Å²) in [6, 6.07) is 9.12. The molecule has 0 heterocycles. The van der Waals surface area contributed by atoms with Crippen LogP contribution in [0, 0.1) is 0 Å². The Kier molecular flexibility index (Phi) is 5.54. The van der Waals surface area contributed by atoms with Gasteiger partial charge >= 0.3 is 7.60 Å². The molecule has 0 aliphatic rings. The van der Waals surface area contributed by atoms with Crippen molar-refractivity contribution in [3.05, 3.63) is 30.3 Å². The van der Waals surface area contributed by atoms with Gasteiger partial charge in [0, 0.05) is 0 Å². The second-order valence-corrected chi connectivity index (χ2v) is 7.13. The molecule has 1 unspecified atom stereocenters. The van der Waals surface area contributed by atoms with Gasteiger partial charge in [0.15, 0.2) is 0 Å². The first kappa shape index (κ1) is 15.4. The van der Waals surface area contributed by atoms with Gasteiger partial charge < -0.3 is 9.01 Å². The van der Waals surface area contributed by atoms with Gasteiger partial charge in [0.05, 0.1) is 33.1 Å². The summed E-state index contributed by atoms with van der Waals surface area (Å²) in [4.78, 5) is 0. The van der Waals surface area contributed by atoms with Crippen molar-refractivity contribution in [3.63, 3.8) is 0 Å². The molecule has 0 aliphatic heterocycles. The van der Waals surface area contributed by atoms with Gasteiger partial charge in [-0.3, -0.25) is 9.09 Å². The van der Waals surface area contributed by atoms with Crippen molar-refractivity contribution in [1.82, 2.24) is 0 Å². The van der Waals surface area contributed by atoms with Crippen LogP contribution < -0.4 is 5.30 Å². The predicted molar refractivity (Wildman–Crippen MR) is 74.2 cm³/mol. The van der Waals surface area contributed by atoms with Crippen LogP contribution in [0.3, 0.4) is 0 Å². The van der Waals surface area contributed by atoms with Crippen LogP contribution in [0.2, 0.25) is 0 Å². The second-order valence-electron chi connectivity index (χ2n) is 5.10. The first-order valence-corrected chi connectivity index (χ1v) is 7.67. The maximum atomic E-state index is 12.6. The maximum Gasteiger partial charge on any atom is 0.361 e. The first-order valence-electron chi connectivity index (χ1n) is 6.12. The van der Waals surface area contributed by atoms with Crippen molar-refractivity contribution in [2.75, 3.05) is 40.9 Å². The molecular weight excluding hydrogens is 249 g/mol. The van der Waals surface area contributed by atoms with Crippen LogP contribution in [0.5, 0.6) is 0 Å². The summed E-state index contributed by atoms with van der Waals surface area (Å²) < 4.78 is 24.3. The Labute approximate surface area is 110 Å². The number of hydrogen-bond acceptors (Lipinski definition) is 3. The maximum absolute atomic E-state index is 12.6. The van der Waals surface area contributed by atoms with E-state index < -0.39 is 7.60 Å². The Morgan fingerprint density at radius 2 is 1.72 bits per heavy atom. The Morgan fingerprint density at radius 3 is 2.22 bits per heavy atom. The second kappa shape index (κ2) is 6.48. The fourth-order valence-corrected chi connectivity index (χ4v) is 2.97. The van der Waals surface area contributed by atoms with E-state index in [0.717, 1.165) is 11.0 Å². The Balaban J connectivity index is 2.73. The van der Waals surface area contributed by atoms with E-state index in [9.17, 15) is 4.57 Å². The molecule has 0 radical (unpaired) electrons. The van der Waals surface area contributed by atoms with Gasteiger partial charge in [0.25, 0.3) is 0 Å². The molecule has 0 amide bonds. The molecule has 5 heteroatoms. The SMILES string of the molecule is CCOP(=O)(OCC[N+](C)(C)C)c1ccccc1. The molecule has 0 bridgehead atoms. The van der Waals surface area contributed by atoms with E-state index in [-0.39, 0.29) is 0 Å². The monoisotopic (exact) mass is 272 g/mol. The lowest BCUT2D eigenvalue weighted by atomic mass is 10.4. The van der Waals surface area contributed by atoms with E-state index in [1.54, 1.807) is 12.1 Å². The number of likely N-dealkylation sites (N-methyl/N-ethyl adjacent to an activating group) is 1. The van der Waals surface area contributed by atoms with Crippen molar-refractivity contribution in [2.45, 2.75) is 6.92 Å². The lowest BCUT2D eigenvalue weighted by Crippen LogP contribution is -2.37. The van der Waals surface area contributed by atoms with Crippen molar-refractivity contribution in [3.8, 4) is 0 Å². The third-order valence-electron chi connectivity index (χ3n) is 2.39. The average Bonchev–Trinajstić information content (AvgIpc) is 2.29. The Bertz CT molecular complexity index is 400. The molecule has 0 saturated heterocycles. The summed E-state index contributed by atoms with van der Waals surface area (Å²) >= 11 is 0. The van der Waals surface area contributed by atoms with Crippen LogP contribution in [0.25, 0.3) is 0 Å². The summed E-state index contributed by atoms with van der Waals surface area (Å²) in [5.41, 5.74) is 0. The van der Waals surface area contributed by atoms with Gasteiger partial charge in [-0.1, -0.05) is 18.2 Å². The molecule has 102 valence electrons. The van der Waals surface area contributed by atoms with E-state index in [0.29, 0.717) is 18.5 Å². The van der Waals surface area contributed by atoms with Gasteiger partial charge in [0.2, 0.25) is 0 Å². The average molecular weight is 272 g/mol. The molecule has 1 aromatic carbocycles. The Morgan fingerprint density at radius 1 is 1.11 bits per heavy atom. The van der Waals surface area contributed by atoms with Crippen LogP contribution in [0.1, 0.15) is 6.92 Å². The number of nitrogens with zero attached hydrogens (tertiary/aromatic N) is 1. The van der Waals surface area contributed by atoms with E-state index in [1.807, 2.05) is 25.1 Å². The molecule has 18 heavy (non-hydrogen) atoms. The van der Waals surface area contributed by atoms with Crippen LogP contribution in [-0.2, 0) is 13.6 Å². The molecule has 1 atom stereocenters. The minimum atomic E-state index is -3.17. The quantitative estimate of drug-likeness (QED) is 0.564. The van der Waals surface area contributed by atoms with Crippen molar-refractivity contribution in [2.24, 2.45) is 0 Å². The van der Waals surface area contributed by atoms with E-state index in [1.165, 1.54) is 0 Å². The standard InChI is InChI=1S/C13H23NO3P/c1-5-16-18(15,13-9-7-6-8-10-13)17-12-11-14(2,3)4/h6-10H,5,11-12H2,1-4H3/q+1.